The van der Waals surface area contributed by atoms with E-state index < -0.39 is 11.9 Å². The molecule has 1 amide bonds. The van der Waals surface area contributed by atoms with Crippen LogP contribution >= 0.6 is 35.4 Å². The molecule has 2 aromatic rings. The zero-order valence-electron chi connectivity index (χ0n) is 12.4. The molecule has 0 atom stereocenters. The first-order valence-electron chi connectivity index (χ1n) is 6.66. The number of amides is 1. The molecule has 0 aliphatic carbocycles. The monoisotopic (exact) mass is 382 g/mol. The van der Waals surface area contributed by atoms with Gasteiger partial charge >= 0.3 is 5.97 Å². The number of carbonyl (C=O) groups is 2. The van der Waals surface area contributed by atoms with Crippen LogP contribution in [0.3, 0.4) is 0 Å². The molecule has 0 radical (unpaired) electrons. The van der Waals surface area contributed by atoms with Gasteiger partial charge in [0.1, 0.15) is 0 Å². The van der Waals surface area contributed by atoms with Crippen molar-refractivity contribution >= 4 is 58.1 Å². The summed E-state index contributed by atoms with van der Waals surface area (Å²) in [7, 11) is 1.31. The fourth-order valence-corrected chi connectivity index (χ4v) is 2.57. The predicted molar refractivity (Wildman–Crippen MR) is 97.9 cm³/mol. The van der Waals surface area contributed by atoms with Crippen molar-refractivity contribution in [2.24, 2.45) is 0 Å². The van der Waals surface area contributed by atoms with E-state index in [4.69, 9.17) is 35.4 Å². The molecule has 24 heavy (non-hydrogen) atoms. The summed E-state index contributed by atoms with van der Waals surface area (Å²) in [5, 5.41) is 6.16. The number of carbonyl (C=O) groups excluding carboxylic acids is 2. The van der Waals surface area contributed by atoms with E-state index in [0.717, 1.165) is 0 Å². The van der Waals surface area contributed by atoms with Gasteiger partial charge in [-0.3, -0.25) is 10.1 Å². The molecule has 0 saturated carbocycles. The van der Waals surface area contributed by atoms with E-state index in [2.05, 4.69) is 15.4 Å². The Bertz CT molecular complexity index is 774. The summed E-state index contributed by atoms with van der Waals surface area (Å²) in [5.74, 6) is -0.877. The number of rotatable bonds is 3. The van der Waals surface area contributed by atoms with Gasteiger partial charge in [0, 0.05) is 21.3 Å². The molecule has 0 aromatic heterocycles. The molecule has 0 fully saturated rings. The minimum absolute atomic E-state index is 0.0990. The van der Waals surface area contributed by atoms with E-state index >= 15 is 0 Å². The maximum atomic E-state index is 12.1. The summed E-state index contributed by atoms with van der Waals surface area (Å²) in [6.45, 7) is 0. The molecule has 0 saturated heterocycles. The molecule has 5 nitrogen and oxygen atoms in total. The Labute approximate surface area is 153 Å². The Balaban J connectivity index is 2.00. The third-order valence-electron chi connectivity index (χ3n) is 2.92. The second-order valence-corrected chi connectivity index (χ2v) is 5.92. The second kappa shape index (κ2) is 8.10. The zero-order valence-corrected chi connectivity index (χ0v) is 14.8. The molecular formula is C16H12Cl2N2O3S. The minimum atomic E-state index is -0.442. The quantitative estimate of drug-likeness (QED) is 0.622. The summed E-state index contributed by atoms with van der Waals surface area (Å²) >= 11 is 16.8. The van der Waals surface area contributed by atoms with Gasteiger partial charge in [-0.05, 0) is 54.7 Å². The first-order chi connectivity index (χ1) is 11.4. The lowest BCUT2D eigenvalue weighted by molar-refractivity contribution is 0.0600. The summed E-state index contributed by atoms with van der Waals surface area (Å²) < 4.78 is 4.61. The summed E-state index contributed by atoms with van der Waals surface area (Å²) in [6, 6.07) is 10.9. The van der Waals surface area contributed by atoms with E-state index in [9.17, 15) is 9.59 Å². The number of benzene rings is 2. The van der Waals surface area contributed by atoms with Gasteiger partial charge in [-0.15, -0.1) is 0 Å². The molecule has 0 aliphatic heterocycles. The Morgan fingerprint density at radius 3 is 2.12 bits per heavy atom. The number of esters is 1. The highest BCUT2D eigenvalue weighted by atomic mass is 35.5. The van der Waals surface area contributed by atoms with Crippen LogP contribution in [-0.4, -0.2) is 24.1 Å². The second-order valence-electron chi connectivity index (χ2n) is 4.64. The number of methoxy groups -OCH3 is 1. The highest BCUT2D eigenvalue weighted by molar-refractivity contribution is 7.80. The largest absolute Gasteiger partial charge is 0.465 e. The van der Waals surface area contributed by atoms with Crippen molar-refractivity contribution in [2.45, 2.75) is 0 Å². The molecule has 2 aromatic carbocycles. The average molecular weight is 383 g/mol. The Morgan fingerprint density at radius 2 is 1.58 bits per heavy atom. The van der Waals surface area contributed by atoms with Crippen molar-refractivity contribution < 1.29 is 14.3 Å². The number of hydrogen-bond acceptors (Lipinski definition) is 4. The third-order valence-corrected chi connectivity index (χ3v) is 3.56. The van der Waals surface area contributed by atoms with Crippen LogP contribution < -0.4 is 10.6 Å². The minimum Gasteiger partial charge on any atom is -0.465 e. The lowest BCUT2D eigenvalue weighted by Gasteiger charge is -2.10. The van der Waals surface area contributed by atoms with Crippen molar-refractivity contribution in [3.8, 4) is 0 Å². The molecule has 0 unspecified atom stereocenters. The van der Waals surface area contributed by atoms with Gasteiger partial charge in [0.15, 0.2) is 5.11 Å². The van der Waals surface area contributed by atoms with Gasteiger partial charge in [-0.25, -0.2) is 4.79 Å². The Kier molecular flexibility index (Phi) is 6.14. The van der Waals surface area contributed by atoms with Crippen molar-refractivity contribution in [1.29, 1.82) is 0 Å². The van der Waals surface area contributed by atoms with E-state index in [1.807, 2.05) is 0 Å². The maximum Gasteiger partial charge on any atom is 0.337 e. The van der Waals surface area contributed by atoms with Crippen LogP contribution in [0.4, 0.5) is 5.69 Å². The van der Waals surface area contributed by atoms with Gasteiger partial charge in [-0.2, -0.15) is 0 Å². The van der Waals surface area contributed by atoms with Crippen molar-refractivity contribution in [2.75, 3.05) is 12.4 Å². The zero-order chi connectivity index (χ0) is 17.7. The Hall–Kier alpha value is -2.15. The van der Waals surface area contributed by atoms with Crippen molar-refractivity contribution in [3.63, 3.8) is 0 Å². The smallest absolute Gasteiger partial charge is 0.337 e. The number of ether oxygens (including phenoxy) is 1. The van der Waals surface area contributed by atoms with E-state index in [-0.39, 0.29) is 10.7 Å². The highest BCUT2D eigenvalue weighted by Crippen LogP contribution is 2.19. The number of halogens is 2. The van der Waals surface area contributed by atoms with E-state index in [1.54, 1.807) is 24.3 Å². The first-order valence-corrected chi connectivity index (χ1v) is 7.82. The van der Waals surface area contributed by atoms with Gasteiger partial charge in [-0.1, -0.05) is 23.2 Å². The molecule has 0 aliphatic rings. The summed E-state index contributed by atoms with van der Waals surface area (Å²) in [5.41, 5.74) is 1.31. The lowest BCUT2D eigenvalue weighted by Crippen LogP contribution is -2.34. The van der Waals surface area contributed by atoms with Crippen LogP contribution in [0.2, 0.25) is 10.0 Å². The molecule has 0 heterocycles. The fraction of sp³-hybridized carbons (Fsp3) is 0.0625. The predicted octanol–water partition coefficient (Wildman–Crippen LogP) is 3.91. The number of anilines is 1. The van der Waals surface area contributed by atoms with Crippen LogP contribution in [-0.2, 0) is 4.74 Å². The lowest BCUT2D eigenvalue weighted by atomic mass is 10.2. The first kappa shape index (κ1) is 18.2. The normalized spacial score (nSPS) is 9.96. The van der Waals surface area contributed by atoms with Crippen LogP contribution in [0.1, 0.15) is 20.7 Å². The van der Waals surface area contributed by atoms with E-state index in [0.29, 0.717) is 21.3 Å². The topological polar surface area (TPSA) is 67.4 Å². The van der Waals surface area contributed by atoms with Crippen LogP contribution in [0.5, 0.6) is 0 Å². The van der Waals surface area contributed by atoms with Gasteiger partial charge < -0.3 is 10.1 Å². The van der Waals surface area contributed by atoms with E-state index in [1.165, 1.54) is 25.3 Å². The van der Waals surface area contributed by atoms with Crippen LogP contribution in [0.25, 0.3) is 0 Å². The fourth-order valence-electron chi connectivity index (χ4n) is 1.83. The molecule has 2 rings (SSSR count). The van der Waals surface area contributed by atoms with Gasteiger partial charge in [0.2, 0.25) is 0 Å². The van der Waals surface area contributed by atoms with Crippen molar-refractivity contribution in [3.05, 3.63) is 63.6 Å². The van der Waals surface area contributed by atoms with Gasteiger partial charge in [0.25, 0.3) is 5.91 Å². The molecule has 124 valence electrons. The maximum absolute atomic E-state index is 12.1. The molecular weight excluding hydrogens is 371 g/mol. The average Bonchev–Trinajstić information content (AvgIpc) is 2.53. The molecule has 2 N–H and O–H groups in total. The van der Waals surface area contributed by atoms with Crippen molar-refractivity contribution in [1.82, 2.24) is 5.32 Å². The standard InChI is InChI=1S/C16H12Cl2N2O3S/c1-23-15(22)9-2-4-13(5-3-9)19-16(24)20-14(21)10-6-11(17)8-12(18)7-10/h2-8H,1H3,(H2,19,20,21,24). The molecule has 8 heteroatoms. The molecule has 0 spiro atoms. The number of hydrogen-bond donors (Lipinski definition) is 2. The Morgan fingerprint density at radius 1 is 1.00 bits per heavy atom. The molecule has 0 bridgehead atoms. The highest BCUT2D eigenvalue weighted by Gasteiger charge is 2.10. The van der Waals surface area contributed by atoms with Gasteiger partial charge in [0.05, 0.1) is 12.7 Å². The van der Waals surface area contributed by atoms with Crippen LogP contribution in [0.15, 0.2) is 42.5 Å². The summed E-state index contributed by atoms with van der Waals surface area (Å²) in [4.78, 5) is 23.5. The number of thiocarbonyl (C=S) groups is 1. The SMILES string of the molecule is COC(=O)c1ccc(NC(=S)NC(=O)c2cc(Cl)cc(Cl)c2)cc1. The summed E-state index contributed by atoms with van der Waals surface area (Å²) in [6.07, 6.45) is 0. The van der Waals surface area contributed by atoms with Crippen LogP contribution in [0, 0.1) is 0 Å². The number of nitrogens with one attached hydrogen (secondary N) is 2. The third kappa shape index (κ3) is 4.92.